The van der Waals surface area contributed by atoms with E-state index in [0.29, 0.717) is 10.7 Å². The molecule has 0 atom stereocenters. The summed E-state index contributed by atoms with van der Waals surface area (Å²) >= 11 is 1.40. The Morgan fingerprint density at radius 2 is 2.35 bits per heavy atom. The summed E-state index contributed by atoms with van der Waals surface area (Å²) in [7, 11) is 0. The lowest BCUT2D eigenvalue weighted by Crippen LogP contribution is -1.94. The number of pyridine rings is 1. The van der Waals surface area contributed by atoms with Gasteiger partial charge in [0.15, 0.2) is 5.69 Å². The lowest BCUT2D eigenvalue weighted by atomic mass is 10.2. The van der Waals surface area contributed by atoms with E-state index >= 15 is 0 Å². The molecular formula is C11H10N4OS. The minimum absolute atomic E-state index is 0.0787. The van der Waals surface area contributed by atoms with Crippen molar-refractivity contribution in [3.8, 4) is 16.5 Å². The Hall–Kier alpha value is -1.97. The fraction of sp³-hybridized carbons (Fsp3) is 0.182. The third kappa shape index (κ3) is 2.11. The molecule has 86 valence electrons. The van der Waals surface area contributed by atoms with Gasteiger partial charge in [-0.25, -0.2) is 9.97 Å². The van der Waals surface area contributed by atoms with E-state index in [4.69, 9.17) is 16.1 Å². The van der Waals surface area contributed by atoms with Crippen LogP contribution in [0.25, 0.3) is 10.4 Å². The van der Waals surface area contributed by atoms with Crippen LogP contribution < -0.4 is 5.73 Å². The molecule has 0 bridgehead atoms. The number of anilines is 1. The molecule has 2 rings (SSSR count). The minimum atomic E-state index is -0.0787. The van der Waals surface area contributed by atoms with E-state index in [9.17, 15) is 0 Å². The Kier molecular flexibility index (Phi) is 3.04. The molecule has 3 N–H and O–H groups in total. The number of aliphatic hydroxyl groups is 1. The second-order valence-electron chi connectivity index (χ2n) is 3.45. The van der Waals surface area contributed by atoms with Gasteiger partial charge in [0.05, 0.1) is 22.9 Å². The third-order valence-electron chi connectivity index (χ3n) is 2.26. The van der Waals surface area contributed by atoms with Gasteiger partial charge in [0.1, 0.15) is 11.1 Å². The van der Waals surface area contributed by atoms with Crippen molar-refractivity contribution >= 4 is 17.0 Å². The van der Waals surface area contributed by atoms with Crippen molar-refractivity contribution in [3.63, 3.8) is 0 Å². The minimum Gasteiger partial charge on any atom is -0.396 e. The quantitative estimate of drug-likeness (QED) is 0.836. The van der Waals surface area contributed by atoms with Crippen molar-refractivity contribution in [3.05, 3.63) is 28.7 Å². The molecular weight excluding hydrogens is 236 g/mol. The number of rotatable bonds is 2. The van der Waals surface area contributed by atoms with Crippen LogP contribution in [-0.4, -0.2) is 15.1 Å². The molecule has 5 nitrogen and oxygen atoms in total. The van der Waals surface area contributed by atoms with Gasteiger partial charge in [-0.2, -0.15) is 5.26 Å². The molecule has 6 heteroatoms. The number of hydrogen-bond donors (Lipinski definition) is 2. The Bertz CT molecular complexity index is 600. The first-order valence-electron chi connectivity index (χ1n) is 4.89. The van der Waals surface area contributed by atoms with Crippen molar-refractivity contribution in [2.24, 2.45) is 0 Å². The Morgan fingerprint density at radius 1 is 1.59 bits per heavy atom. The van der Waals surface area contributed by atoms with Crippen molar-refractivity contribution in [1.82, 2.24) is 9.97 Å². The van der Waals surface area contributed by atoms with Gasteiger partial charge >= 0.3 is 0 Å². The zero-order valence-electron chi connectivity index (χ0n) is 9.14. The first kappa shape index (κ1) is 11.5. The van der Waals surface area contributed by atoms with Crippen LogP contribution in [0.2, 0.25) is 0 Å². The SMILES string of the molecule is Cc1nc(CO)sc1-c1cnc(C#N)c(N)c1. The number of thiazole rings is 1. The number of nitrogen functional groups attached to an aromatic ring is 1. The van der Waals surface area contributed by atoms with Gasteiger partial charge in [0.25, 0.3) is 0 Å². The molecule has 2 aromatic heterocycles. The number of aromatic nitrogens is 2. The van der Waals surface area contributed by atoms with E-state index in [1.54, 1.807) is 12.3 Å². The summed E-state index contributed by atoms with van der Waals surface area (Å²) in [6, 6.07) is 3.62. The van der Waals surface area contributed by atoms with Crippen LogP contribution in [0.15, 0.2) is 12.3 Å². The van der Waals surface area contributed by atoms with Crippen LogP contribution in [0.1, 0.15) is 16.4 Å². The van der Waals surface area contributed by atoms with Gasteiger partial charge in [-0.15, -0.1) is 11.3 Å². The van der Waals surface area contributed by atoms with Gasteiger partial charge < -0.3 is 10.8 Å². The molecule has 2 aromatic rings. The molecule has 0 aliphatic heterocycles. The molecule has 0 saturated heterocycles. The van der Waals surface area contributed by atoms with Gasteiger partial charge in [-0.3, -0.25) is 0 Å². The molecule has 0 fully saturated rings. The monoisotopic (exact) mass is 246 g/mol. The van der Waals surface area contributed by atoms with Crippen LogP contribution >= 0.6 is 11.3 Å². The van der Waals surface area contributed by atoms with Crippen LogP contribution in [0, 0.1) is 18.3 Å². The van der Waals surface area contributed by atoms with Gasteiger partial charge in [0.2, 0.25) is 0 Å². The number of nitrogens with zero attached hydrogens (tertiary/aromatic N) is 3. The lowest BCUT2D eigenvalue weighted by molar-refractivity contribution is 0.281. The maximum atomic E-state index is 9.02. The predicted molar refractivity (Wildman–Crippen MR) is 65.1 cm³/mol. The fourth-order valence-electron chi connectivity index (χ4n) is 1.49. The zero-order valence-corrected chi connectivity index (χ0v) is 9.95. The smallest absolute Gasteiger partial charge is 0.163 e. The average molecular weight is 246 g/mol. The summed E-state index contributed by atoms with van der Waals surface area (Å²) in [5.41, 5.74) is 7.92. The van der Waals surface area contributed by atoms with Crippen molar-refractivity contribution in [2.75, 3.05) is 5.73 Å². The van der Waals surface area contributed by atoms with Crippen molar-refractivity contribution in [2.45, 2.75) is 13.5 Å². The summed E-state index contributed by atoms with van der Waals surface area (Å²) in [6.07, 6.45) is 1.59. The van der Waals surface area contributed by atoms with Crippen LogP contribution in [-0.2, 0) is 6.61 Å². The molecule has 0 amide bonds. The molecule has 0 saturated carbocycles. The van der Waals surface area contributed by atoms with Crippen LogP contribution in [0.3, 0.4) is 0 Å². The van der Waals surface area contributed by atoms with E-state index in [-0.39, 0.29) is 12.3 Å². The first-order valence-corrected chi connectivity index (χ1v) is 5.70. The summed E-state index contributed by atoms with van der Waals surface area (Å²) in [6.45, 7) is 1.78. The Morgan fingerprint density at radius 3 is 2.88 bits per heavy atom. The van der Waals surface area contributed by atoms with Crippen LogP contribution in [0.4, 0.5) is 5.69 Å². The molecule has 2 heterocycles. The highest BCUT2D eigenvalue weighted by molar-refractivity contribution is 7.15. The number of nitriles is 1. The van der Waals surface area contributed by atoms with Crippen LogP contribution in [0.5, 0.6) is 0 Å². The fourth-order valence-corrected chi connectivity index (χ4v) is 2.39. The second-order valence-corrected chi connectivity index (χ2v) is 4.54. The molecule has 0 aliphatic rings. The third-order valence-corrected chi connectivity index (χ3v) is 3.45. The second kappa shape index (κ2) is 4.49. The largest absolute Gasteiger partial charge is 0.396 e. The standard InChI is InChI=1S/C11H10N4OS/c1-6-11(17-10(5-16)15-6)7-2-8(13)9(3-12)14-4-7/h2,4,16H,5,13H2,1H3. The summed E-state index contributed by atoms with van der Waals surface area (Å²) in [5.74, 6) is 0. The molecule has 0 unspecified atom stereocenters. The van der Waals surface area contributed by atoms with E-state index in [1.807, 2.05) is 13.0 Å². The maximum absolute atomic E-state index is 9.02. The van der Waals surface area contributed by atoms with E-state index in [1.165, 1.54) is 11.3 Å². The Labute approximate surface area is 102 Å². The number of nitrogens with two attached hydrogens (primary N) is 1. The topological polar surface area (TPSA) is 95.8 Å². The molecule has 0 spiro atoms. The first-order chi connectivity index (χ1) is 8.15. The summed E-state index contributed by atoms with van der Waals surface area (Å²) in [4.78, 5) is 9.11. The van der Waals surface area contributed by atoms with Gasteiger partial charge in [-0.1, -0.05) is 0 Å². The summed E-state index contributed by atoms with van der Waals surface area (Å²) < 4.78 is 0. The number of aliphatic hydroxyl groups excluding tert-OH is 1. The number of hydrogen-bond acceptors (Lipinski definition) is 6. The highest BCUT2D eigenvalue weighted by Gasteiger charge is 2.11. The van der Waals surface area contributed by atoms with E-state index in [0.717, 1.165) is 16.1 Å². The molecule has 0 aromatic carbocycles. The molecule has 0 radical (unpaired) electrons. The highest BCUT2D eigenvalue weighted by Crippen LogP contribution is 2.31. The lowest BCUT2D eigenvalue weighted by Gasteiger charge is -2.01. The maximum Gasteiger partial charge on any atom is 0.163 e. The van der Waals surface area contributed by atoms with E-state index < -0.39 is 0 Å². The Balaban J connectivity index is 2.50. The normalized spacial score (nSPS) is 10.2. The zero-order chi connectivity index (χ0) is 12.4. The highest BCUT2D eigenvalue weighted by atomic mass is 32.1. The van der Waals surface area contributed by atoms with Crippen molar-refractivity contribution < 1.29 is 5.11 Å². The number of aryl methyl sites for hydroxylation is 1. The van der Waals surface area contributed by atoms with Crippen molar-refractivity contribution in [1.29, 1.82) is 5.26 Å². The van der Waals surface area contributed by atoms with E-state index in [2.05, 4.69) is 9.97 Å². The summed E-state index contributed by atoms with van der Waals surface area (Å²) in [5, 5.41) is 18.4. The molecule has 0 aliphatic carbocycles. The van der Waals surface area contributed by atoms with Gasteiger partial charge in [-0.05, 0) is 13.0 Å². The van der Waals surface area contributed by atoms with Gasteiger partial charge in [0, 0.05) is 11.8 Å². The molecule has 17 heavy (non-hydrogen) atoms. The predicted octanol–water partition coefficient (Wildman–Crippen LogP) is 1.46. The average Bonchev–Trinajstić information content (AvgIpc) is 2.70.